The van der Waals surface area contributed by atoms with Crippen LogP contribution in [0, 0.1) is 16.0 Å². The van der Waals surface area contributed by atoms with Gasteiger partial charge in [-0.05, 0) is 33.3 Å². The molecule has 0 spiro atoms. The summed E-state index contributed by atoms with van der Waals surface area (Å²) in [6, 6.07) is 5.44. The Balaban J connectivity index is 3.42. The molecular weight excluding hydrogens is 326 g/mol. The second-order valence-electron chi connectivity index (χ2n) is 6.77. The van der Waals surface area contributed by atoms with Crippen molar-refractivity contribution in [2.75, 3.05) is 0 Å². The summed E-state index contributed by atoms with van der Waals surface area (Å²) in [5.41, 5.74) is -0.780. The van der Waals surface area contributed by atoms with Crippen LogP contribution in [0.25, 0.3) is 0 Å². The van der Waals surface area contributed by atoms with E-state index in [9.17, 15) is 24.5 Å². The molecule has 2 atom stereocenters. The van der Waals surface area contributed by atoms with Crippen molar-refractivity contribution >= 4 is 23.2 Å². The Morgan fingerprint density at radius 2 is 1.84 bits per heavy atom. The van der Waals surface area contributed by atoms with Gasteiger partial charge in [0.2, 0.25) is 0 Å². The third-order valence-electron chi connectivity index (χ3n) is 3.57. The van der Waals surface area contributed by atoms with Crippen LogP contribution < -0.4 is 0 Å². The summed E-state index contributed by atoms with van der Waals surface area (Å²) >= 11 is 0. The highest BCUT2D eigenvalue weighted by atomic mass is 16.6. The minimum Gasteiger partial charge on any atom is -0.459 e. The number of carbonyl (C=O) groups excluding carboxylic acids is 3. The van der Waals surface area contributed by atoms with Crippen LogP contribution >= 0.6 is 0 Å². The first kappa shape index (κ1) is 20.5. The first-order valence-electron chi connectivity index (χ1n) is 7.98. The minimum absolute atomic E-state index is 0.0833. The predicted octanol–water partition coefficient (Wildman–Crippen LogP) is 3.20. The normalized spacial score (nSPS) is 13.6. The highest BCUT2D eigenvalue weighted by Gasteiger charge is 2.40. The first-order chi connectivity index (χ1) is 11.5. The van der Waals surface area contributed by atoms with Crippen LogP contribution in [0.3, 0.4) is 0 Å². The average Bonchev–Trinajstić information content (AvgIpc) is 2.49. The third-order valence-corrected chi connectivity index (χ3v) is 3.57. The maximum absolute atomic E-state index is 12.5. The summed E-state index contributed by atoms with van der Waals surface area (Å²) in [5.74, 6) is -4.14. The van der Waals surface area contributed by atoms with Crippen molar-refractivity contribution in [3.63, 3.8) is 0 Å². The van der Waals surface area contributed by atoms with Gasteiger partial charge in [-0.2, -0.15) is 0 Å². The van der Waals surface area contributed by atoms with Gasteiger partial charge >= 0.3 is 5.97 Å². The van der Waals surface area contributed by atoms with Crippen molar-refractivity contribution in [3.05, 3.63) is 39.9 Å². The van der Waals surface area contributed by atoms with Crippen molar-refractivity contribution in [3.8, 4) is 0 Å². The lowest BCUT2D eigenvalue weighted by molar-refractivity contribution is -0.384. The number of non-ortho nitro benzene ring substituents is 1. The quantitative estimate of drug-likeness (QED) is 0.324. The molecule has 0 aliphatic heterocycles. The van der Waals surface area contributed by atoms with E-state index in [2.05, 4.69) is 0 Å². The van der Waals surface area contributed by atoms with Gasteiger partial charge in [0.05, 0.1) is 10.8 Å². The minimum atomic E-state index is -1.34. The molecular formula is C18H23NO6. The molecule has 0 aliphatic carbocycles. The van der Waals surface area contributed by atoms with E-state index in [1.807, 2.05) is 0 Å². The van der Waals surface area contributed by atoms with Gasteiger partial charge in [0.1, 0.15) is 23.1 Å². The van der Waals surface area contributed by atoms with E-state index in [-0.39, 0.29) is 23.5 Å². The fourth-order valence-corrected chi connectivity index (χ4v) is 2.52. The lowest BCUT2D eigenvalue weighted by atomic mass is 9.79. The Kier molecular flexibility index (Phi) is 6.55. The molecule has 0 N–H and O–H groups in total. The SMILES string of the molecule is CCC(=O)C(c1cccc([N+](=O)[O-])c1)C(C(C)=O)C(=O)OC(C)(C)C. The Morgan fingerprint density at radius 1 is 1.24 bits per heavy atom. The van der Waals surface area contributed by atoms with Crippen LogP contribution in [0.4, 0.5) is 5.69 Å². The monoisotopic (exact) mass is 349 g/mol. The van der Waals surface area contributed by atoms with Gasteiger partial charge in [-0.1, -0.05) is 19.1 Å². The molecule has 1 aromatic carbocycles. The van der Waals surface area contributed by atoms with E-state index in [1.54, 1.807) is 27.7 Å². The van der Waals surface area contributed by atoms with Gasteiger partial charge in [0, 0.05) is 18.6 Å². The number of Topliss-reactive ketones (excluding diaryl/α,β-unsaturated/α-hetero) is 2. The Hall–Kier alpha value is -2.57. The van der Waals surface area contributed by atoms with Crippen molar-refractivity contribution in [1.82, 2.24) is 0 Å². The van der Waals surface area contributed by atoms with E-state index in [0.717, 1.165) is 0 Å². The predicted molar refractivity (Wildman–Crippen MR) is 91.2 cm³/mol. The number of nitro benzene ring substituents is 1. The maximum atomic E-state index is 12.5. The lowest BCUT2D eigenvalue weighted by Crippen LogP contribution is -2.38. The first-order valence-corrected chi connectivity index (χ1v) is 7.98. The van der Waals surface area contributed by atoms with Gasteiger partial charge in [0.25, 0.3) is 5.69 Å². The highest BCUT2D eigenvalue weighted by molar-refractivity contribution is 6.04. The smallest absolute Gasteiger partial charge is 0.318 e. The Labute approximate surface area is 146 Å². The van der Waals surface area contributed by atoms with Crippen LogP contribution in [0.5, 0.6) is 0 Å². The van der Waals surface area contributed by atoms with Crippen LogP contribution in [-0.4, -0.2) is 28.1 Å². The van der Waals surface area contributed by atoms with Crippen LogP contribution in [0.1, 0.15) is 52.5 Å². The van der Waals surface area contributed by atoms with Gasteiger partial charge in [-0.15, -0.1) is 0 Å². The number of nitro groups is 1. The molecule has 0 saturated heterocycles. The number of rotatable bonds is 7. The fraction of sp³-hybridized carbons (Fsp3) is 0.500. The zero-order chi connectivity index (χ0) is 19.4. The fourth-order valence-electron chi connectivity index (χ4n) is 2.52. The number of ketones is 2. The summed E-state index contributed by atoms with van der Waals surface area (Å²) in [7, 11) is 0. The van der Waals surface area contributed by atoms with Crippen LogP contribution in [0.2, 0.25) is 0 Å². The maximum Gasteiger partial charge on any atom is 0.318 e. The topological polar surface area (TPSA) is 104 Å². The van der Waals surface area contributed by atoms with E-state index in [1.165, 1.54) is 31.2 Å². The van der Waals surface area contributed by atoms with Crippen molar-refractivity contribution in [2.45, 2.75) is 52.6 Å². The van der Waals surface area contributed by atoms with Crippen LogP contribution in [0.15, 0.2) is 24.3 Å². The summed E-state index contributed by atoms with van der Waals surface area (Å²) in [4.78, 5) is 47.6. The largest absolute Gasteiger partial charge is 0.459 e. The molecule has 1 rings (SSSR count). The Bertz CT molecular complexity index is 689. The standard InChI is InChI=1S/C18H23NO6/c1-6-14(21)16(12-8-7-9-13(10-12)19(23)24)15(11(2)20)17(22)25-18(3,4)5/h7-10,15-16H,6H2,1-5H3. The highest BCUT2D eigenvalue weighted by Crippen LogP contribution is 2.32. The second kappa shape index (κ2) is 8.00. The average molecular weight is 349 g/mol. The van der Waals surface area contributed by atoms with Crippen molar-refractivity contribution in [2.24, 2.45) is 5.92 Å². The molecule has 0 saturated carbocycles. The molecule has 7 nitrogen and oxygen atoms in total. The number of carbonyl (C=O) groups is 3. The number of esters is 1. The molecule has 0 heterocycles. The molecule has 2 unspecified atom stereocenters. The van der Waals surface area contributed by atoms with Gasteiger partial charge < -0.3 is 4.74 Å². The molecule has 0 bridgehead atoms. The summed E-state index contributed by atoms with van der Waals surface area (Å²) in [6.45, 7) is 7.80. The van der Waals surface area contributed by atoms with Gasteiger partial charge in [0.15, 0.2) is 0 Å². The van der Waals surface area contributed by atoms with E-state index in [4.69, 9.17) is 4.74 Å². The van der Waals surface area contributed by atoms with Gasteiger partial charge in [-0.3, -0.25) is 24.5 Å². The van der Waals surface area contributed by atoms with E-state index in [0.29, 0.717) is 0 Å². The summed E-state index contributed by atoms with van der Waals surface area (Å²) < 4.78 is 5.29. The van der Waals surface area contributed by atoms with E-state index < -0.39 is 34.1 Å². The number of hydrogen-bond donors (Lipinski definition) is 0. The number of hydrogen-bond acceptors (Lipinski definition) is 6. The molecule has 0 aliphatic rings. The third kappa shape index (κ3) is 5.48. The molecule has 0 amide bonds. The molecule has 25 heavy (non-hydrogen) atoms. The molecule has 7 heteroatoms. The van der Waals surface area contributed by atoms with Crippen molar-refractivity contribution in [1.29, 1.82) is 0 Å². The zero-order valence-corrected chi connectivity index (χ0v) is 15.1. The zero-order valence-electron chi connectivity index (χ0n) is 15.1. The lowest BCUT2D eigenvalue weighted by Gasteiger charge is -2.27. The number of ether oxygens (including phenoxy) is 1. The molecule has 136 valence electrons. The summed E-state index contributed by atoms with van der Waals surface area (Å²) in [6.07, 6.45) is 0.0833. The Morgan fingerprint density at radius 3 is 2.28 bits per heavy atom. The van der Waals surface area contributed by atoms with Crippen LogP contribution in [-0.2, 0) is 19.1 Å². The van der Waals surface area contributed by atoms with Crippen molar-refractivity contribution < 1.29 is 24.0 Å². The molecule has 0 aromatic heterocycles. The second-order valence-corrected chi connectivity index (χ2v) is 6.77. The molecule has 1 aromatic rings. The molecule has 0 fully saturated rings. The number of benzene rings is 1. The van der Waals surface area contributed by atoms with Gasteiger partial charge in [-0.25, -0.2) is 0 Å². The van der Waals surface area contributed by atoms with E-state index >= 15 is 0 Å². The number of nitrogens with zero attached hydrogens (tertiary/aromatic N) is 1. The molecule has 0 radical (unpaired) electrons. The summed E-state index contributed by atoms with van der Waals surface area (Å²) in [5, 5.41) is 11.0.